The second-order valence-electron chi connectivity index (χ2n) is 8.97. The molecule has 1 saturated heterocycles. The number of pyridine rings is 1. The third-order valence-electron chi connectivity index (χ3n) is 6.79. The van der Waals surface area contributed by atoms with Gasteiger partial charge in [0.15, 0.2) is 0 Å². The number of fused-ring (bicyclic) bond motifs is 3. The minimum Gasteiger partial charge on any atom is -0.350 e. The highest BCUT2D eigenvalue weighted by Crippen LogP contribution is 2.30. The van der Waals surface area contributed by atoms with Crippen LogP contribution >= 0.6 is 11.3 Å². The molecule has 1 aliphatic heterocycles. The normalized spacial score (nSPS) is 15.3. The van der Waals surface area contributed by atoms with E-state index in [1.165, 1.54) is 29.7 Å². The lowest BCUT2D eigenvalue weighted by atomic mass is 9.90. The van der Waals surface area contributed by atoms with Gasteiger partial charge >= 0.3 is 0 Å². The van der Waals surface area contributed by atoms with E-state index in [1.807, 2.05) is 30.3 Å². The quantitative estimate of drug-likeness (QED) is 0.464. The fraction of sp³-hybridized carbons (Fsp3) is 0.333. The van der Waals surface area contributed by atoms with Gasteiger partial charge in [0.1, 0.15) is 0 Å². The van der Waals surface area contributed by atoms with Gasteiger partial charge in [0.05, 0.1) is 15.1 Å². The SMILES string of the molecule is Cn1c(=O)c2ccccc2c2sc(C(=O)NCCN3CCC(Cc4ccccc4)CC3)cc21. The number of hydrogen-bond acceptors (Lipinski definition) is 4. The number of thiophene rings is 1. The molecule has 4 aromatic rings. The first-order valence-corrected chi connectivity index (χ1v) is 12.5. The molecule has 0 unspecified atom stereocenters. The van der Waals surface area contributed by atoms with Gasteiger partial charge in [0.25, 0.3) is 11.5 Å². The molecule has 170 valence electrons. The summed E-state index contributed by atoms with van der Waals surface area (Å²) in [6.07, 6.45) is 3.58. The van der Waals surface area contributed by atoms with E-state index in [0.717, 1.165) is 47.6 Å². The molecule has 0 atom stereocenters. The summed E-state index contributed by atoms with van der Waals surface area (Å²) in [6.45, 7) is 3.68. The van der Waals surface area contributed by atoms with Gasteiger partial charge in [-0.1, -0.05) is 48.5 Å². The standard InChI is InChI=1S/C27H29N3O2S/c1-29-23-18-24(33-25(23)21-9-5-6-10-22(21)27(29)32)26(31)28-13-16-30-14-11-20(12-15-30)17-19-7-3-2-4-8-19/h2-10,18,20H,11-17H2,1H3,(H,28,31). The lowest BCUT2D eigenvalue weighted by Gasteiger charge is -2.32. The molecule has 0 spiro atoms. The summed E-state index contributed by atoms with van der Waals surface area (Å²) in [5.74, 6) is 0.685. The summed E-state index contributed by atoms with van der Waals surface area (Å²) in [4.78, 5) is 28.6. The van der Waals surface area contributed by atoms with Gasteiger partial charge < -0.3 is 14.8 Å². The molecule has 33 heavy (non-hydrogen) atoms. The molecule has 2 aromatic carbocycles. The summed E-state index contributed by atoms with van der Waals surface area (Å²) in [5, 5.41) is 4.69. The minimum absolute atomic E-state index is 0.0291. The lowest BCUT2D eigenvalue weighted by Crippen LogP contribution is -2.39. The first-order chi connectivity index (χ1) is 16.1. The van der Waals surface area contributed by atoms with E-state index in [-0.39, 0.29) is 11.5 Å². The second kappa shape index (κ2) is 9.49. The van der Waals surface area contributed by atoms with Crippen molar-refractivity contribution in [3.63, 3.8) is 0 Å². The van der Waals surface area contributed by atoms with Crippen molar-refractivity contribution in [1.29, 1.82) is 0 Å². The minimum atomic E-state index is -0.0632. The number of aryl methyl sites for hydroxylation is 1. The van der Waals surface area contributed by atoms with Crippen molar-refractivity contribution >= 4 is 38.2 Å². The maximum Gasteiger partial charge on any atom is 0.261 e. The van der Waals surface area contributed by atoms with Gasteiger partial charge in [-0.25, -0.2) is 0 Å². The lowest BCUT2D eigenvalue weighted by molar-refractivity contribution is 0.0948. The predicted molar refractivity (Wildman–Crippen MR) is 136 cm³/mol. The van der Waals surface area contributed by atoms with Crippen LogP contribution in [0.2, 0.25) is 0 Å². The average molecular weight is 460 g/mol. The van der Waals surface area contributed by atoms with Gasteiger partial charge in [0.2, 0.25) is 0 Å². The number of benzene rings is 2. The molecule has 5 rings (SSSR count). The zero-order valence-electron chi connectivity index (χ0n) is 18.9. The zero-order valence-corrected chi connectivity index (χ0v) is 19.7. The molecule has 0 radical (unpaired) electrons. The smallest absolute Gasteiger partial charge is 0.261 e. The predicted octanol–water partition coefficient (Wildman–Crippen LogP) is 4.44. The van der Waals surface area contributed by atoms with Crippen molar-refractivity contribution in [2.45, 2.75) is 19.3 Å². The maximum atomic E-state index is 12.8. The van der Waals surface area contributed by atoms with E-state index in [9.17, 15) is 9.59 Å². The molecule has 1 fully saturated rings. The highest BCUT2D eigenvalue weighted by molar-refractivity contribution is 7.21. The van der Waals surface area contributed by atoms with Gasteiger partial charge in [-0.15, -0.1) is 11.3 Å². The Hall–Kier alpha value is -2.96. The molecule has 2 aromatic heterocycles. The number of carbonyl (C=O) groups is 1. The van der Waals surface area contributed by atoms with Crippen LogP contribution in [0.3, 0.4) is 0 Å². The molecule has 6 heteroatoms. The highest BCUT2D eigenvalue weighted by atomic mass is 32.1. The summed E-state index contributed by atoms with van der Waals surface area (Å²) in [7, 11) is 1.77. The van der Waals surface area contributed by atoms with Crippen molar-refractivity contribution in [3.8, 4) is 0 Å². The van der Waals surface area contributed by atoms with Crippen LogP contribution in [-0.2, 0) is 13.5 Å². The van der Waals surface area contributed by atoms with Crippen molar-refractivity contribution in [1.82, 2.24) is 14.8 Å². The second-order valence-corrected chi connectivity index (χ2v) is 10.0. The van der Waals surface area contributed by atoms with Crippen LogP contribution in [0.4, 0.5) is 0 Å². The Labute approximate surface area is 197 Å². The number of nitrogens with one attached hydrogen (secondary N) is 1. The largest absolute Gasteiger partial charge is 0.350 e. The first-order valence-electron chi connectivity index (χ1n) is 11.7. The number of aromatic nitrogens is 1. The average Bonchev–Trinajstić information content (AvgIpc) is 3.30. The van der Waals surface area contributed by atoms with Crippen molar-refractivity contribution < 1.29 is 4.79 Å². The summed E-state index contributed by atoms with van der Waals surface area (Å²) in [6, 6.07) is 20.2. The third kappa shape index (κ3) is 4.59. The van der Waals surface area contributed by atoms with E-state index < -0.39 is 0 Å². The Morgan fingerprint density at radius 1 is 1.03 bits per heavy atom. The van der Waals surface area contributed by atoms with Gasteiger partial charge in [-0.05, 0) is 56.0 Å². The number of piperidine rings is 1. The Kier molecular flexibility index (Phi) is 6.29. The fourth-order valence-corrected chi connectivity index (χ4v) is 6.01. The summed E-state index contributed by atoms with van der Waals surface area (Å²) in [5.41, 5.74) is 2.21. The Balaban J connectivity index is 1.17. The van der Waals surface area contributed by atoms with Gasteiger partial charge in [-0.3, -0.25) is 9.59 Å². The van der Waals surface area contributed by atoms with Crippen LogP contribution in [0.15, 0.2) is 65.5 Å². The molecule has 0 aliphatic carbocycles. The van der Waals surface area contributed by atoms with Crippen LogP contribution in [0.1, 0.15) is 28.1 Å². The first kappa shape index (κ1) is 21.9. The Bertz CT molecular complexity index is 1330. The molecule has 0 saturated carbocycles. The number of nitrogens with zero attached hydrogens (tertiary/aromatic N) is 2. The fourth-order valence-electron chi connectivity index (χ4n) is 4.87. The maximum absolute atomic E-state index is 12.8. The van der Waals surface area contributed by atoms with E-state index in [0.29, 0.717) is 16.8 Å². The number of carbonyl (C=O) groups excluding carboxylic acids is 1. The van der Waals surface area contributed by atoms with Crippen molar-refractivity contribution in [2.24, 2.45) is 13.0 Å². The van der Waals surface area contributed by atoms with E-state index in [2.05, 4.69) is 40.5 Å². The number of likely N-dealkylation sites (tertiary alicyclic amines) is 1. The third-order valence-corrected chi connectivity index (χ3v) is 7.95. The monoisotopic (exact) mass is 459 g/mol. The summed E-state index contributed by atoms with van der Waals surface area (Å²) >= 11 is 1.46. The number of hydrogen-bond donors (Lipinski definition) is 1. The Morgan fingerprint density at radius 2 is 1.73 bits per heavy atom. The highest BCUT2D eigenvalue weighted by Gasteiger charge is 2.20. The van der Waals surface area contributed by atoms with Crippen molar-refractivity contribution in [3.05, 3.63) is 81.5 Å². The molecule has 0 bridgehead atoms. The zero-order chi connectivity index (χ0) is 22.8. The molecule has 3 heterocycles. The van der Waals surface area contributed by atoms with E-state index in [1.54, 1.807) is 11.6 Å². The van der Waals surface area contributed by atoms with E-state index >= 15 is 0 Å². The van der Waals surface area contributed by atoms with Gasteiger partial charge in [-0.2, -0.15) is 0 Å². The van der Waals surface area contributed by atoms with E-state index in [4.69, 9.17) is 0 Å². The molecular weight excluding hydrogens is 430 g/mol. The van der Waals surface area contributed by atoms with Crippen LogP contribution in [0.5, 0.6) is 0 Å². The van der Waals surface area contributed by atoms with Gasteiger partial charge in [0, 0.05) is 30.9 Å². The molecule has 1 amide bonds. The van der Waals surface area contributed by atoms with Crippen molar-refractivity contribution in [2.75, 3.05) is 26.2 Å². The molecule has 5 nitrogen and oxygen atoms in total. The summed E-state index contributed by atoms with van der Waals surface area (Å²) < 4.78 is 2.63. The Morgan fingerprint density at radius 3 is 2.48 bits per heavy atom. The molecular formula is C27H29N3O2S. The number of amides is 1. The van der Waals surface area contributed by atoms with Crippen LogP contribution in [0, 0.1) is 5.92 Å². The van der Waals surface area contributed by atoms with Crippen LogP contribution < -0.4 is 10.9 Å². The molecule has 1 N–H and O–H groups in total. The molecule has 1 aliphatic rings. The van der Waals surface area contributed by atoms with Crippen LogP contribution in [-0.4, -0.2) is 41.6 Å². The number of rotatable bonds is 6. The van der Waals surface area contributed by atoms with Crippen LogP contribution in [0.25, 0.3) is 21.0 Å². The topological polar surface area (TPSA) is 54.3 Å².